The molecular formula is C24H30FN3O4. The van der Waals surface area contributed by atoms with E-state index < -0.39 is 31.0 Å². The van der Waals surface area contributed by atoms with Gasteiger partial charge in [0.15, 0.2) is 6.17 Å². The molecule has 2 aromatic rings. The lowest BCUT2D eigenvalue weighted by Gasteiger charge is -2.34. The zero-order valence-electron chi connectivity index (χ0n) is 18.4. The van der Waals surface area contributed by atoms with E-state index in [2.05, 4.69) is 17.2 Å². The Hall–Kier alpha value is -2.71. The first kappa shape index (κ1) is 22.5. The number of rotatable bonds is 7. The number of aliphatic hydroxyl groups is 2. The van der Waals surface area contributed by atoms with Crippen molar-refractivity contribution in [2.45, 2.75) is 45.2 Å². The van der Waals surface area contributed by atoms with Crippen LogP contribution in [0.25, 0.3) is 11.1 Å². The summed E-state index contributed by atoms with van der Waals surface area (Å²) in [6, 6.07) is 9.52. The highest BCUT2D eigenvalue weighted by molar-refractivity contribution is 5.77. The van der Waals surface area contributed by atoms with E-state index >= 15 is 0 Å². The summed E-state index contributed by atoms with van der Waals surface area (Å²) in [4.78, 5) is 17.2. The van der Waals surface area contributed by atoms with Crippen LogP contribution < -0.4 is 10.1 Å². The van der Waals surface area contributed by atoms with Crippen LogP contribution in [0.3, 0.4) is 0 Å². The van der Waals surface area contributed by atoms with Crippen LogP contribution in [0.5, 0.6) is 5.75 Å². The van der Waals surface area contributed by atoms with Gasteiger partial charge in [-0.25, -0.2) is 9.37 Å². The number of benzene rings is 1. The van der Waals surface area contributed by atoms with Gasteiger partial charge in [-0.3, -0.25) is 4.79 Å². The van der Waals surface area contributed by atoms with Gasteiger partial charge in [0.1, 0.15) is 30.5 Å². The number of hydrogen-bond acceptors (Lipinski definition) is 6. The Balaban J connectivity index is 1.41. The molecule has 0 bridgehead atoms. The largest absolute Gasteiger partial charge is 0.487 e. The summed E-state index contributed by atoms with van der Waals surface area (Å²) in [5.74, 6) is 1.57. The lowest BCUT2D eigenvalue weighted by molar-refractivity contribution is -0.138. The normalized spacial score (nSPS) is 25.8. The van der Waals surface area contributed by atoms with Crippen LogP contribution in [0.15, 0.2) is 36.5 Å². The second-order valence-corrected chi connectivity index (χ2v) is 8.83. The first-order valence-electron chi connectivity index (χ1n) is 11.1. The van der Waals surface area contributed by atoms with Gasteiger partial charge in [0, 0.05) is 25.1 Å². The molecule has 1 aromatic carbocycles. The van der Waals surface area contributed by atoms with Gasteiger partial charge in [-0.1, -0.05) is 13.0 Å². The van der Waals surface area contributed by atoms with Gasteiger partial charge in [0.05, 0.1) is 6.54 Å². The van der Waals surface area contributed by atoms with Crippen molar-refractivity contribution in [2.24, 2.45) is 11.8 Å². The molecule has 1 aromatic heterocycles. The highest BCUT2D eigenvalue weighted by Crippen LogP contribution is 2.40. The average molecular weight is 444 g/mol. The predicted octanol–water partition coefficient (Wildman–Crippen LogP) is 2.75. The Kier molecular flexibility index (Phi) is 6.62. The van der Waals surface area contributed by atoms with Crippen molar-refractivity contribution in [2.75, 3.05) is 25.0 Å². The molecule has 8 heteroatoms. The highest BCUT2D eigenvalue weighted by Gasteiger charge is 2.39. The molecule has 3 unspecified atom stereocenters. The fourth-order valence-electron chi connectivity index (χ4n) is 4.21. The zero-order valence-corrected chi connectivity index (χ0v) is 18.4. The Bertz CT molecular complexity index is 972. The van der Waals surface area contributed by atoms with Gasteiger partial charge in [-0.15, -0.1) is 0 Å². The molecule has 5 atom stereocenters. The Labute approximate surface area is 187 Å². The van der Waals surface area contributed by atoms with Crippen molar-refractivity contribution in [3.8, 4) is 16.9 Å². The van der Waals surface area contributed by atoms with Gasteiger partial charge >= 0.3 is 0 Å². The van der Waals surface area contributed by atoms with Gasteiger partial charge in [-0.2, -0.15) is 0 Å². The number of pyridine rings is 1. The van der Waals surface area contributed by atoms with E-state index in [-0.39, 0.29) is 12.5 Å². The molecule has 1 amide bonds. The van der Waals surface area contributed by atoms with Gasteiger partial charge in [0.2, 0.25) is 5.91 Å². The van der Waals surface area contributed by atoms with Crippen LogP contribution in [0.2, 0.25) is 0 Å². The van der Waals surface area contributed by atoms with Crippen molar-refractivity contribution in [1.29, 1.82) is 0 Å². The number of carbonyl (C=O) groups excluding carboxylic acids is 1. The van der Waals surface area contributed by atoms with E-state index in [1.807, 2.05) is 37.3 Å². The number of piperidine rings is 1. The second-order valence-electron chi connectivity index (χ2n) is 8.83. The highest BCUT2D eigenvalue weighted by atomic mass is 19.1. The van der Waals surface area contributed by atoms with Gasteiger partial charge in [0.25, 0.3) is 0 Å². The van der Waals surface area contributed by atoms with Gasteiger partial charge in [-0.05, 0) is 60.2 Å². The third-order valence-electron chi connectivity index (χ3n) is 6.39. The molecule has 1 saturated heterocycles. The molecule has 2 aliphatic rings. The number of likely N-dealkylation sites (tertiary alicyclic amines) is 1. The molecule has 2 fully saturated rings. The second kappa shape index (κ2) is 9.42. The number of halogens is 1. The number of aliphatic hydroxyl groups excluding tert-OH is 2. The van der Waals surface area contributed by atoms with Crippen molar-refractivity contribution < 1.29 is 24.1 Å². The molecule has 7 nitrogen and oxygen atoms in total. The molecule has 1 aliphatic carbocycles. The van der Waals surface area contributed by atoms with Crippen molar-refractivity contribution in [1.82, 2.24) is 9.88 Å². The van der Waals surface area contributed by atoms with E-state index in [0.29, 0.717) is 30.5 Å². The van der Waals surface area contributed by atoms with Crippen LogP contribution in [-0.2, 0) is 4.79 Å². The first-order chi connectivity index (χ1) is 15.4. The maximum atomic E-state index is 14.6. The molecule has 1 saturated carbocycles. The topological polar surface area (TPSA) is 94.9 Å². The number of anilines is 1. The summed E-state index contributed by atoms with van der Waals surface area (Å²) in [6.45, 7) is 3.72. The molecule has 3 N–H and O–H groups in total. The van der Waals surface area contributed by atoms with Crippen LogP contribution in [0.4, 0.5) is 10.2 Å². The number of ether oxygens (including phenoxy) is 1. The number of aryl methyl sites for hydroxylation is 1. The first-order valence-corrected chi connectivity index (χ1v) is 11.1. The summed E-state index contributed by atoms with van der Waals surface area (Å²) in [6.07, 6.45) is 0.548. The summed E-state index contributed by atoms with van der Waals surface area (Å²) >= 11 is 0. The van der Waals surface area contributed by atoms with Crippen LogP contribution in [-0.4, -0.2) is 64.2 Å². The van der Waals surface area contributed by atoms with E-state index in [9.17, 15) is 14.3 Å². The minimum absolute atomic E-state index is 0.0700. The maximum absolute atomic E-state index is 14.6. The van der Waals surface area contributed by atoms with E-state index in [0.717, 1.165) is 23.1 Å². The summed E-state index contributed by atoms with van der Waals surface area (Å²) in [5, 5.41) is 22.3. The maximum Gasteiger partial charge on any atom is 0.248 e. The predicted molar refractivity (Wildman–Crippen MR) is 119 cm³/mol. The Morgan fingerprint density at radius 3 is 2.75 bits per heavy atom. The molecule has 4 rings (SSSR count). The molecule has 0 spiro atoms. The standard InChI is InChI=1S/C24H30FN3O4/c1-14-10-18(14)24(31)27-22-11-17(5-7-26-22)16-3-4-20(15(2)9-16)32-21-6-8-28(12-19(21)25)23(30)13-29/h3-5,7,9,11,14,18-19,21,24,29,31H,6,8,10,12-13H2,1-2H3,(H,26,27)/t14?,18?,19-,21+,24?/m1/s1. The zero-order chi connectivity index (χ0) is 22.8. The number of alkyl halides is 1. The molecule has 0 radical (unpaired) electrons. The van der Waals surface area contributed by atoms with Crippen molar-refractivity contribution in [3.63, 3.8) is 0 Å². The SMILES string of the molecule is Cc1cc(-c2ccnc(NC(O)C3CC3C)c2)ccc1O[C@H]1CCN(C(=O)CO)C[C@H]1F. The quantitative estimate of drug-likeness (QED) is 0.570. The minimum atomic E-state index is -1.31. The number of nitrogens with one attached hydrogen (secondary N) is 1. The Morgan fingerprint density at radius 2 is 2.09 bits per heavy atom. The average Bonchev–Trinajstić information content (AvgIpc) is 3.52. The van der Waals surface area contributed by atoms with Gasteiger partial charge < -0.3 is 25.2 Å². The van der Waals surface area contributed by atoms with E-state index in [4.69, 9.17) is 9.84 Å². The smallest absolute Gasteiger partial charge is 0.248 e. The fourth-order valence-corrected chi connectivity index (χ4v) is 4.21. The number of nitrogens with zero attached hydrogens (tertiary/aromatic N) is 2. The van der Waals surface area contributed by atoms with Crippen LogP contribution in [0, 0.1) is 18.8 Å². The molecule has 172 valence electrons. The number of aromatic nitrogens is 1. The fraction of sp³-hybridized carbons (Fsp3) is 0.500. The molecule has 32 heavy (non-hydrogen) atoms. The number of carbonyl (C=O) groups is 1. The van der Waals surface area contributed by atoms with E-state index in [1.165, 1.54) is 4.90 Å². The number of hydrogen-bond donors (Lipinski definition) is 3. The van der Waals surface area contributed by atoms with Crippen molar-refractivity contribution in [3.05, 3.63) is 42.1 Å². The number of amides is 1. The van der Waals surface area contributed by atoms with E-state index in [1.54, 1.807) is 6.20 Å². The van der Waals surface area contributed by atoms with Crippen LogP contribution >= 0.6 is 0 Å². The van der Waals surface area contributed by atoms with Crippen molar-refractivity contribution >= 4 is 11.7 Å². The molecule has 2 heterocycles. The lowest BCUT2D eigenvalue weighted by Crippen LogP contribution is -2.50. The lowest BCUT2D eigenvalue weighted by atomic mass is 10.0. The summed E-state index contributed by atoms with van der Waals surface area (Å²) in [5.41, 5.74) is 2.80. The summed E-state index contributed by atoms with van der Waals surface area (Å²) < 4.78 is 20.5. The van der Waals surface area contributed by atoms with Crippen LogP contribution in [0.1, 0.15) is 25.3 Å². The molecule has 1 aliphatic heterocycles. The Morgan fingerprint density at radius 1 is 1.34 bits per heavy atom. The minimum Gasteiger partial charge on any atom is -0.487 e. The third kappa shape index (κ3) is 5.02. The third-order valence-corrected chi connectivity index (χ3v) is 6.39. The molecular weight excluding hydrogens is 413 g/mol. The monoisotopic (exact) mass is 443 g/mol. The summed E-state index contributed by atoms with van der Waals surface area (Å²) in [7, 11) is 0.